The first-order valence-corrected chi connectivity index (χ1v) is 49.4. The molecule has 0 aromatic rings. The third kappa shape index (κ3) is 37.0. The van der Waals surface area contributed by atoms with Crippen LogP contribution in [0.3, 0.4) is 0 Å². The average molecular weight is 1950 g/mol. The van der Waals surface area contributed by atoms with Crippen LogP contribution in [0, 0.1) is 5.92 Å². The average Bonchev–Trinajstić information content (AvgIpc) is 0.748. The second-order valence-electron chi connectivity index (χ2n) is 37.4. The highest BCUT2D eigenvalue weighted by Crippen LogP contribution is 2.45. The third-order valence-corrected chi connectivity index (χ3v) is 26.4. The van der Waals surface area contributed by atoms with Gasteiger partial charge in [-0.3, -0.25) is 14.4 Å². The summed E-state index contributed by atoms with van der Waals surface area (Å²) in [5.41, 5.74) is 0. The monoisotopic (exact) mass is 1950 g/mol. The normalized spacial score (nSPS) is 33.8. The number of amides is 3. The molecular weight excluding hydrogens is 1780 g/mol. The Morgan fingerprint density at radius 2 is 0.763 bits per heavy atom. The summed E-state index contributed by atoms with van der Waals surface area (Å²) in [5, 5.41) is 246. The van der Waals surface area contributed by atoms with Crippen LogP contribution < -0.4 is 16.0 Å². The number of rotatable bonds is 68. The van der Waals surface area contributed by atoms with Gasteiger partial charge in [-0.25, -0.2) is 9.59 Å². The Hall–Kier alpha value is -4.48. The van der Waals surface area contributed by atoms with Gasteiger partial charge in [-0.15, -0.1) is 0 Å². The largest absolute Gasteiger partial charge is 0.477 e. The number of nitrogens with one attached hydrogen (secondary N) is 3. The highest BCUT2D eigenvalue weighted by atomic mass is 16.8. The summed E-state index contributed by atoms with van der Waals surface area (Å²) in [7, 11) is 0. The molecule has 42 nitrogen and oxygen atoms in total. The van der Waals surface area contributed by atoms with Crippen LogP contribution >= 0.6 is 0 Å². The van der Waals surface area contributed by atoms with Crippen LogP contribution in [0.25, 0.3) is 0 Å². The van der Waals surface area contributed by atoms with Crippen molar-refractivity contribution in [3.8, 4) is 0 Å². The summed E-state index contributed by atoms with van der Waals surface area (Å²) in [6.07, 6.45) is -21.8. The molecule has 786 valence electrons. The summed E-state index contributed by atoms with van der Waals surface area (Å²) in [6, 6.07) is -4.69. The molecule has 6 rings (SSSR count). The molecule has 0 aromatic heterocycles. The quantitative estimate of drug-likeness (QED) is 0.0288. The number of ketones is 1. The molecule has 135 heavy (non-hydrogen) atoms. The molecule has 6 heterocycles. The molecule has 0 spiro atoms. The Labute approximate surface area is 791 Å². The van der Waals surface area contributed by atoms with Crippen LogP contribution in [0.5, 0.6) is 0 Å². The summed E-state index contributed by atoms with van der Waals surface area (Å²) >= 11 is 0. The fraction of sp³-hybridized carbons (Fsp3) is 0.914. The first-order chi connectivity index (χ1) is 64.6. The molecule has 0 bridgehead atoms. The van der Waals surface area contributed by atoms with Gasteiger partial charge in [0.15, 0.2) is 25.2 Å². The Morgan fingerprint density at radius 3 is 1.18 bits per heavy atom. The lowest BCUT2D eigenvalue weighted by Crippen LogP contribution is -2.71. The zero-order valence-corrected chi connectivity index (χ0v) is 79.4. The molecular formula is C93H165N3O39. The smallest absolute Gasteiger partial charge is 0.364 e. The summed E-state index contributed by atoms with van der Waals surface area (Å²) < 4.78 is 72.9. The molecule has 0 aliphatic carbocycles. The third-order valence-electron chi connectivity index (χ3n) is 26.4. The molecule has 6 aliphatic heterocycles. The molecule has 6 aliphatic rings. The predicted octanol–water partition coefficient (Wildman–Crippen LogP) is 0.343. The van der Waals surface area contributed by atoms with Crippen molar-refractivity contribution < 1.29 is 193 Å². The molecule has 0 aromatic carbocycles. The number of carbonyl (C=O) groups is 6. The fourth-order valence-electron chi connectivity index (χ4n) is 18.6. The van der Waals surface area contributed by atoms with E-state index < -0.39 is 302 Å². The Kier molecular flexibility index (Phi) is 55.5. The number of carboxylic acid groups (broad SMARTS) is 2. The van der Waals surface area contributed by atoms with Crippen LogP contribution in [-0.4, -0.2) is 390 Å². The molecule has 6 fully saturated rings. The summed E-state index contributed by atoms with van der Waals surface area (Å²) in [5.74, 6) is -16.0. The zero-order valence-electron chi connectivity index (χ0n) is 79.4. The van der Waals surface area contributed by atoms with E-state index in [2.05, 4.69) is 41.9 Å². The molecule has 2 unspecified atom stereocenters. The first-order valence-electron chi connectivity index (χ1n) is 49.4. The molecule has 0 saturated carbocycles. The summed E-state index contributed by atoms with van der Waals surface area (Å²) in [4.78, 5) is 79.9. The van der Waals surface area contributed by atoms with Crippen LogP contribution in [0.1, 0.15) is 285 Å². The number of unbranched alkanes of at least 4 members (excludes halogenated alkanes) is 31. The number of aliphatic carboxylic acids is 2. The number of Topliss-reactive ketones (excluding diaryl/α,β-unsaturated/α-hetero) is 1. The minimum absolute atomic E-state index is 0.119. The standard InChI is InChI=1S/C93H165N3O39/c1-6-8-10-12-14-16-18-20-21-22-23-24-25-26-27-28-29-31-33-35-37-39-41-43-68(111)96-58(59(106)42-40-38-36-34-32-30-19-17-15-13-11-9-7-2)53-124-87-76(117)75(116)80(66(51-101)127-87)130-89-78(119)85(135-93(91(122)123)46-61(108)70(95-56(5)105)83(133-93)72(113)63(110)48-98)81(67(52-102)128-89)131-86-57(44-54(3)103)79(73(114)64(49-99)125-86)129-88-77(118)84(74(115)65(50-100)126-88)134-92(90(120)121)45-60(107)69(94-55(4)104)82(132-92)71(112)62(109)47-97/h20-21,57-67,69-89,97-102,106-110,112-119H,6-19,22-53H2,1-5H3,(H,94,104)(H,95,105)(H,96,111)(H,120,121)(H,122,123)/t57-,58+,59-,60+,61+,62-,63-,64-,65-,66-,67-,69-,70-,71-,72-,73+,74+,75-,76-,77-,78-,79-,80-,81+,82?,83?,84+,85-,86+,87-,88+,89+,92+,93+/m1/s1. The fourth-order valence-corrected chi connectivity index (χ4v) is 18.6. The van der Waals surface area contributed by atoms with Crippen molar-refractivity contribution >= 4 is 35.4 Å². The second kappa shape index (κ2) is 62.8. The SMILES string of the molecule is CCCCCCCCC=CCCCCCCCCCCCCCCCC(=O)N[C@@H](CO[C@@H]1O[C@H](CO)[C@@H](O[C@@H]2O[C@H](CO)[C@H](O[C@@H]3O[C@H](CO)[C@H](O)[C@H](O[C@@H]4O[C@H](CO)[C@H](O)[C@H](O[C@]5(C(=O)O)C[C@H](O)[C@@H](NC(C)=O)C([C@H](O)[C@H](O)CO)O5)[C@H]4O)[C@H]3CC(C)=O)[C@H](O[C@]3(C(=O)O)C[C@H](O)[C@@H](NC(C)=O)C([C@H](O)[C@H](O)CO)O3)[C@H]2O)[C@H](O)[C@H]1O)[C@H](O)CCCCCCCCCCCCCCC. The van der Waals surface area contributed by atoms with Crippen LogP contribution in [0.15, 0.2) is 12.2 Å². The molecule has 24 N–H and O–H groups in total. The van der Waals surface area contributed by atoms with E-state index in [0.29, 0.717) is 12.8 Å². The first kappa shape index (κ1) is 119. The number of aliphatic hydroxyl groups is 19. The lowest BCUT2D eigenvalue weighted by Gasteiger charge is -2.53. The van der Waals surface area contributed by atoms with E-state index in [-0.39, 0.29) is 18.7 Å². The minimum atomic E-state index is -3.48. The van der Waals surface area contributed by atoms with Gasteiger partial charge in [0.05, 0.1) is 88.8 Å². The van der Waals surface area contributed by atoms with Crippen molar-refractivity contribution in [2.45, 2.75) is 486 Å². The number of carbonyl (C=O) groups excluding carboxylic acids is 4. The molecule has 0 radical (unpaired) electrons. The van der Waals surface area contributed by atoms with Gasteiger partial charge in [0.25, 0.3) is 11.6 Å². The van der Waals surface area contributed by atoms with Gasteiger partial charge in [-0.1, -0.05) is 212 Å². The van der Waals surface area contributed by atoms with Crippen LogP contribution in [-0.2, 0) is 85.6 Å². The van der Waals surface area contributed by atoms with Gasteiger partial charge in [-0.05, 0) is 45.4 Å². The van der Waals surface area contributed by atoms with Crippen molar-refractivity contribution in [3.05, 3.63) is 12.2 Å². The van der Waals surface area contributed by atoms with E-state index in [9.17, 15) is 136 Å². The Bertz CT molecular complexity index is 3350. The van der Waals surface area contributed by atoms with E-state index in [1.165, 1.54) is 135 Å². The van der Waals surface area contributed by atoms with Gasteiger partial charge in [-0.2, -0.15) is 0 Å². The highest BCUT2D eigenvalue weighted by Gasteiger charge is 2.64. The molecule has 42 heteroatoms. The Balaban J connectivity index is 1.23. The maximum atomic E-state index is 14.1. The van der Waals surface area contributed by atoms with Crippen LogP contribution in [0.4, 0.5) is 0 Å². The molecule has 6 saturated heterocycles. The van der Waals surface area contributed by atoms with Gasteiger partial charge in [0.2, 0.25) is 17.7 Å². The van der Waals surface area contributed by atoms with E-state index in [1.807, 2.05) is 0 Å². The van der Waals surface area contributed by atoms with E-state index >= 15 is 0 Å². The second-order valence-corrected chi connectivity index (χ2v) is 37.4. The number of ether oxygens (including phenoxy) is 12. The lowest BCUT2D eigenvalue weighted by atomic mass is 9.86. The van der Waals surface area contributed by atoms with Gasteiger partial charge < -0.3 is 185 Å². The van der Waals surface area contributed by atoms with Gasteiger partial charge >= 0.3 is 11.9 Å². The van der Waals surface area contributed by atoms with E-state index in [1.54, 1.807) is 0 Å². The maximum absolute atomic E-state index is 14.1. The van der Waals surface area contributed by atoms with Crippen molar-refractivity contribution in [1.29, 1.82) is 0 Å². The summed E-state index contributed by atoms with van der Waals surface area (Å²) in [6.45, 7) is -0.513. The van der Waals surface area contributed by atoms with Gasteiger partial charge in [0.1, 0.15) is 128 Å². The van der Waals surface area contributed by atoms with Crippen molar-refractivity contribution in [1.82, 2.24) is 16.0 Å². The van der Waals surface area contributed by atoms with Crippen molar-refractivity contribution in [3.63, 3.8) is 0 Å². The topological polar surface area (TPSA) is 674 Å². The maximum Gasteiger partial charge on any atom is 0.364 e. The number of hydrogen-bond donors (Lipinski definition) is 24. The number of allylic oxidation sites excluding steroid dienone is 2. The minimum Gasteiger partial charge on any atom is -0.477 e. The number of carboxylic acids is 2. The Morgan fingerprint density at radius 1 is 0.400 bits per heavy atom. The highest BCUT2D eigenvalue weighted by molar-refractivity contribution is 5.78. The number of aliphatic hydroxyl groups excluding tert-OH is 19. The van der Waals surface area contributed by atoms with Crippen LogP contribution in [0.2, 0.25) is 0 Å². The van der Waals surface area contributed by atoms with Crippen molar-refractivity contribution in [2.75, 3.05) is 46.2 Å². The van der Waals surface area contributed by atoms with E-state index in [0.717, 1.165) is 91.4 Å². The molecule has 3 amide bonds. The number of hydrogen-bond acceptors (Lipinski definition) is 37. The lowest BCUT2D eigenvalue weighted by molar-refractivity contribution is -0.408. The predicted molar refractivity (Wildman–Crippen MR) is 478 cm³/mol. The van der Waals surface area contributed by atoms with Gasteiger partial charge in [0, 0.05) is 45.4 Å². The van der Waals surface area contributed by atoms with Crippen molar-refractivity contribution in [2.24, 2.45) is 5.92 Å². The molecule has 34 atom stereocenters. The van der Waals surface area contributed by atoms with E-state index in [4.69, 9.17) is 56.8 Å². The zero-order chi connectivity index (χ0) is 99.5.